The Labute approximate surface area is 163 Å². The molecule has 28 heavy (non-hydrogen) atoms. The summed E-state index contributed by atoms with van der Waals surface area (Å²) in [6.45, 7) is 0. The van der Waals surface area contributed by atoms with E-state index >= 15 is 0 Å². The first-order valence-corrected chi connectivity index (χ1v) is 8.81. The zero-order valence-electron chi connectivity index (χ0n) is 15.1. The van der Waals surface area contributed by atoms with Gasteiger partial charge >= 0.3 is 0 Å². The van der Waals surface area contributed by atoms with Crippen molar-refractivity contribution < 1.29 is 9.59 Å². The molecule has 0 unspecified atom stereocenters. The van der Waals surface area contributed by atoms with Crippen molar-refractivity contribution in [1.29, 1.82) is 5.26 Å². The van der Waals surface area contributed by atoms with E-state index in [1.54, 1.807) is 36.4 Å². The summed E-state index contributed by atoms with van der Waals surface area (Å²) in [7, 11) is 0. The molecular formula is C23H19N3O2. The van der Waals surface area contributed by atoms with E-state index in [2.05, 4.69) is 11.4 Å². The summed E-state index contributed by atoms with van der Waals surface area (Å²) in [4.78, 5) is 24.4. The first kappa shape index (κ1) is 18.9. The van der Waals surface area contributed by atoms with Gasteiger partial charge in [0.05, 0.1) is 11.6 Å². The number of benzene rings is 3. The summed E-state index contributed by atoms with van der Waals surface area (Å²) in [5.74, 6) is -1.00. The van der Waals surface area contributed by atoms with Crippen molar-refractivity contribution in [3.63, 3.8) is 0 Å². The van der Waals surface area contributed by atoms with Crippen LogP contribution in [0, 0.1) is 11.3 Å². The average molecular weight is 369 g/mol. The van der Waals surface area contributed by atoms with E-state index in [1.165, 1.54) is 0 Å². The van der Waals surface area contributed by atoms with Gasteiger partial charge in [-0.15, -0.1) is 0 Å². The second-order valence-electron chi connectivity index (χ2n) is 6.39. The summed E-state index contributed by atoms with van der Waals surface area (Å²) in [5, 5.41) is 11.7. The van der Waals surface area contributed by atoms with E-state index in [0.29, 0.717) is 11.1 Å². The zero-order chi connectivity index (χ0) is 19.9. The summed E-state index contributed by atoms with van der Waals surface area (Å²) < 4.78 is 0. The van der Waals surface area contributed by atoms with E-state index in [-0.39, 0.29) is 12.3 Å². The third kappa shape index (κ3) is 4.63. The van der Waals surface area contributed by atoms with Crippen LogP contribution in [0.2, 0.25) is 0 Å². The Balaban J connectivity index is 1.72. The van der Waals surface area contributed by atoms with Gasteiger partial charge in [-0.05, 0) is 41.0 Å². The number of carbonyl (C=O) groups is 2. The molecule has 0 aromatic heterocycles. The van der Waals surface area contributed by atoms with Gasteiger partial charge in [0.15, 0.2) is 0 Å². The Morgan fingerprint density at radius 3 is 2.25 bits per heavy atom. The lowest BCUT2D eigenvalue weighted by molar-refractivity contribution is -0.119. The Bertz CT molecular complexity index is 1020. The molecule has 3 aromatic carbocycles. The van der Waals surface area contributed by atoms with Crippen molar-refractivity contribution in [3.05, 3.63) is 95.6 Å². The molecule has 0 bridgehead atoms. The van der Waals surface area contributed by atoms with Crippen molar-refractivity contribution in [2.75, 3.05) is 0 Å². The number of nitrogens with one attached hydrogen (secondary N) is 1. The number of nitrogens with two attached hydrogens (primary N) is 1. The van der Waals surface area contributed by atoms with Gasteiger partial charge in [0.2, 0.25) is 5.91 Å². The van der Waals surface area contributed by atoms with Gasteiger partial charge in [-0.3, -0.25) is 9.59 Å². The normalized spacial score (nSPS) is 11.2. The first-order chi connectivity index (χ1) is 13.6. The van der Waals surface area contributed by atoms with E-state index in [1.807, 2.05) is 42.5 Å². The van der Waals surface area contributed by atoms with Gasteiger partial charge in [-0.1, -0.05) is 54.6 Å². The molecular weight excluding hydrogens is 350 g/mol. The molecule has 3 N–H and O–H groups in total. The fourth-order valence-corrected chi connectivity index (χ4v) is 2.91. The Morgan fingerprint density at radius 1 is 0.929 bits per heavy atom. The number of nitriles is 1. The second kappa shape index (κ2) is 8.65. The van der Waals surface area contributed by atoms with E-state index in [9.17, 15) is 9.59 Å². The first-order valence-electron chi connectivity index (χ1n) is 8.81. The minimum absolute atomic E-state index is 0.221. The van der Waals surface area contributed by atoms with Crippen molar-refractivity contribution in [1.82, 2.24) is 5.32 Å². The number of hydrogen-bond donors (Lipinski definition) is 2. The lowest BCUT2D eigenvalue weighted by Crippen LogP contribution is -2.45. The van der Waals surface area contributed by atoms with Gasteiger partial charge in [-0.2, -0.15) is 5.26 Å². The third-order valence-corrected chi connectivity index (χ3v) is 4.40. The highest BCUT2D eigenvalue weighted by molar-refractivity contribution is 5.97. The molecule has 0 fully saturated rings. The van der Waals surface area contributed by atoms with Crippen LogP contribution in [-0.2, 0) is 11.2 Å². The minimum Gasteiger partial charge on any atom is -0.368 e. The van der Waals surface area contributed by atoms with Gasteiger partial charge < -0.3 is 11.1 Å². The maximum Gasteiger partial charge on any atom is 0.251 e. The molecule has 0 radical (unpaired) electrons. The van der Waals surface area contributed by atoms with Crippen molar-refractivity contribution in [2.45, 2.75) is 12.5 Å². The molecule has 1 atom stereocenters. The molecule has 3 aromatic rings. The van der Waals surface area contributed by atoms with Crippen LogP contribution in [0.4, 0.5) is 0 Å². The predicted molar refractivity (Wildman–Crippen MR) is 107 cm³/mol. The summed E-state index contributed by atoms with van der Waals surface area (Å²) >= 11 is 0. The fraction of sp³-hybridized carbons (Fsp3) is 0.0870. The maximum absolute atomic E-state index is 12.5. The van der Waals surface area contributed by atoms with Crippen LogP contribution in [0.3, 0.4) is 0 Å². The van der Waals surface area contributed by atoms with Crippen LogP contribution >= 0.6 is 0 Å². The molecule has 0 aliphatic carbocycles. The molecule has 2 amide bonds. The lowest BCUT2D eigenvalue weighted by Gasteiger charge is -2.16. The molecule has 5 nitrogen and oxygen atoms in total. The van der Waals surface area contributed by atoms with Crippen LogP contribution in [0.15, 0.2) is 78.9 Å². The van der Waals surface area contributed by atoms with Crippen LogP contribution in [0.25, 0.3) is 11.1 Å². The molecule has 5 heteroatoms. The van der Waals surface area contributed by atoms with E-state index < -0.39 is 11.9 Å². The van der Waals surface area contributed by atoms with Crippen LogP contribution < -0.4 is 11.1 Å². The fourth-order valence-electron chi connectivity index (χ4n) is 2.91. The van der Waals surface area contributed by atoms with Gasteiger partial charge in [-0.25, -0.2) is 0 Å². The maximum atomic E-state index is 12.5. The number of nitrogens with zero attached hydrogens (tertiary/aromatic N) is 1. The Kier molecular flexibility index (Phi) is 5.83. The predicted octanol–water partition coefficient (Wildman–Crippen LogP) is 3.05. The molecule has 138 valence electrons. The topological polar surface area (TPSA) is 96.0 Å². The molecule has 0 aliphatic heterocycles. The number of carbonyl (C=O) groups excluding carboxylic acids is 2. The zero-order valence-corrected chi connectivity index (χ0v) is 15.1. The standard InChI is InChI=1S/C23H19N3O2/c24-15-17-6-4-5-16(13-17)14-21(22(25)27)26-23(28)20-11-9-19(10-12-20)18-7-2-1-3-8-18/h1-13,21H,14H2,(H2,25,27)(H,26,28)/t21-/m0/s1. The molecule has 0 aliphatic rings. The van der Waals surface area contributed by atoms with Crippen molar-refractivity contribution in [2.24, 2.45) is 5.73 Å². The summed E-state index contributed by atoms with van der Waals surface area (Å²) in [6.07, 6.45) is 0.221. The third-order valence-electron chi connectivity index (χ3n) is 4.40. The highest BCUT2D eigenvalue weighted by Gasteiger charge is 2.19. The minimum atomic E-state index is -0.866. The molecule has 0 saturated heterocycles. The monoisotopic (exact) mass is 369 g/mol. The van der Waals surface area contributed by atoms with Gasteiger partial charge in [0.1, 0.15) is 6.04 Å². The van der Waals surface area contributed by atoms with Gasteiger partial charge in [0, 0.05) is 12.0 Å². The Hall–Kier alpha value is -3.91. The smallest absolute Gasteiger partial charge is 0.251 e. The van der Waals surface area contributed by atoms with E-state index in [0.717, 1.165) is 16.7 Å². The Morgan fingerprint density at radius 2 is 1.61 bits per heavy atom. The number of primary amides is 1. The molecule has 0 saturated carbocycles. The highest BCUT2D eigenvalue weighted by Crippen LogP contribution is 2.19. The lowest BCUT2D eigenvalue weighted by atomic mass is 10.0. The summed E-state index contributed by atoms with van der Waals surface area (Å²) in [5.41, 5.74) is 9.20. The molecule has 3 rings (SSSR count). The van der Waals surface area contributed by atoms with E-state index in [4.69, 9.17) is 11.0 Å². The van der Waals surface area contributed by atoms with Crippen LogP contribution in [0.5, 0.6) is 0 Å². The highest BCUT2D eigenvalue weighted by atomic mass is 16.2. The number of hydrogen-bond acceptors (Lipinski definition) is 3. The SMILES string of the molecule is N#Cc1cccc(C[C@H](NC(=O)c2ccc(-c3ccccc3)cc2)C(N)=O)c1. The van der Waals surface area contributed by atoms with Gasteiger partial charge in [0.25, 0.3) is 5.91 Å². The average Bonchev–Trinajstić information content (AvgIpc) is 2.74. The number of amides is 2. The van der Waals surface area contributed by atoms with Crippen molar-refractivity contribution >= 4 is 11.8 Å². The molecule has 0 heterocycles. The second-order valence-corrected chi connectivity index (χ2v) is 6.39. The molecule has 0 spiro atoms. The summed E-state index contributed by atoms with van der Waals surface area (Å²) in [6, 6.07) is 25.1. The van der Waals surface area contributed by atoms with Crippen LogP contribution in [-0.4, -0.2) is 17.9 Å². The number of rotatable bonds is 6. The van der Waals surface area contributed by atoms with Crippen LogP contribution in [0.1, 0.15) is 21.5 Å². The quantitative estimate of drug-likeness (QED) is 0.699. The van der Waals surface area contributed by atoms with Crippen molar-refractivity contribution in [3.8, 4) is 17.2 Å². The largest absolute Gasteiger partial charge is 0.368 e.